The number of hydrazine groups is 1. The summed E-state index contributed by atoms with van der Waals surface area (Å²) >= 11 is 1.58. The van der Waals surface area contributed by atoms with Crippen molar-refractivity contribution < 1.29 is 63.1 Å². The van der Waals surface area contributed by atoms with Gasteiger partial charge < -0.3 is 29.5 Å². The number of thiazole rings is 1. The predicted octanol–water partition coefficient (Wildman–Crippen LogP) is 25.8. The van der Waals surface area contributed by atoms with E-state index in [-0.39, 0.29) is 17.0 Å². The molecule has 1 heterocycles. The zero-order valence-corrected chi connectivity index (χ0v) is 72.3. The van der Waals surface area contributed by atoms with Crippen molar-refractivity contribution in [1.82, 2.24) is 15.9 Å². The zero-order chi connectivity index (χ0) is 86.1. The lowest BCUT2D eigenvalue weighted by molar-refractivity contribution is 0.0686. The van der Waals surface area contributed by atoms with Gasteiger partial charge in [0.1, 0.15) is 23.2 Å². The fraction of sp³-hybridized carbons (Fsp3) is 0.386. The Morgan fingerprint density at radius 3 is 1.24 bits per heavy atom. The summed E-state index contributed by atoms with van der Waals surface area (Å²) in [5.41, 5.74) is 20.2. The maximum Gasteiger partial charge on any atom is 0.335 e. The number of nitrogens with zero attached hydrogens (tertiary/aromatic N) is 1. The van der Waals surface area contributed by atoms with E-state index in [4.69, 9.17) is 40.6 Å². The predicted molar refractivity (Wildman–Crippen MR) is 483 cm³/mol. The highest BCUT2D eigenvalue weighted by molar-refractivity contribution is 7.15. The van der Waals surface area contributed by atoms with Crippen molar-refractivity contribution in [3.63, 3.8) is 0 Å². The number of aryl methyl sites for hydroxylation is 6. The summed E-state index contributed by atoms with van der Waals surface area (Å²) in [6.45, 7) is 21.9. The first kappa shape index (κ1) is 97.2. The molecule has 0 aliphatic heterocycles. The number of nitrogens with two attached hydrogens (primary N) is 1. The fourth-order valence-electron chi connectivity index (χ4n) is 13.3. The van der Waals surface area contributed by atoms with Gasteiger partial charge in [-0.2, -0.15) is 0 Å². The van der Waals surface area contributed by atoms with Gasteiger partial charge in [-0.25, -0.2) is 35.1 Å². The van der Waals surface area contributed by atoms with E-state index in [2.05, 4.69) is 107 Å². The maximum atomic E-state index is 14.1. The number of hydrogen-bond acceptors (Lipinski definition) is 12. The Labute approximate surface area is 710 Å². The van der Waals surface area contributed by atoms with Gasteiger partial charge in [0, 0.05) is 28.9 Å². The Balaban J connectivity index is 0.000000231. The van der Waals surface area contributed by atoms with Crippen LogP contribution in [0.3, 0.4) is 0 Å². The number of carbonyl (C=O) groups excluding carboxylic acids is 2. The van der Waals surface area contributed by atoms with Gasteiger partial charge in [0.2, 0.25) is 5.88 Å². The standard InChI is InChI=1S/C21H25FO2.C21H26O4.C20H26N2O.C20H25NO2.C19H25NO3S/c1-2-3-4-5-6-7-8-16-9-11-17(12-10-16)19-14-13-18(21(23)24)15-20(19)22;1-4-5-10-24-11-12-25-20-14-15(2)19(13-16(20)3)17-6-8-18(9-7-17)21(22)23;1-2-3-4-5-6-7-16-8-10-17(11-9-16)18-12-14-19(15-13-18)20(23)22-21;1-2-3-4-5-6-7-16-8-10-17(11-9-16)18-12-14-19(15-13-18)20(22)21-23;1-4-6-7-14(5-2)12-23-17-13(3)24-18(20-17)15-8-10-16(11-9-15)19(21)22/h9-15H,2-8H2,1H3,(H,23,24);6-9,13-14H,4-5,10-12H2,1-3H3,(H,22,23);8-15H,2-7,21H2,1H3,(H,22,23);8-15,23H,2-7H2,1H3,(H,21,22);8-11,14H,4-7,12H2,1-3H3,(H,21,22). The highest BCUT2D eigenvalue weighted by Crippen LogP contribution is 2.35. The highest BCUT2D eigenvalue weighted by atomic mass is 32.1. The first-order valence-electron chi connectivity index (χ1n) is 42.7. The van der Waals surface area contributed by atoms with E-state index in [0.29, 0.717) is 53.9 Å². The molecule has 10 aromatic rings. The molecule has 18 heteroatoms. The first-order chi connectivity index (χ1) is 57.7. The summed E-state index contributed by atoms with van der Waals surface area (Å²) in [6.07, 6.45) is 31.0. The number of hydrogen-bond donors (Lipinski definition) is 7. The molecule has 0 bridgehead atoms. The van der Waals surface area contributed by atoms with Crippen LogP contribution in [0, 0.1) is 32.5 Å². The monoisotopic (exact) mass is 1640 g/mol. The minimum Gasteiger partial charge on any atom is -0.491 e. The summed E-state index contributed by atoms with van der Waals surface area (Å²) in [4.78, 5) is 61.1. The number of unbranched alkanes of at least 4 members (excludes halogenated alkanes) is 15. The number of aromatic carboxylic acids is 3. The lowest BCUT2D eigenvalue weighted by Gasteiger charge is -2.14. The van der Waals surface area contributed by atoms with E-state index >= 15 is 0 Å². The lowest BCUT2D eigenvalue weighted by atomic mass is 9.97. The fourth-order valence-corrected chi connectivity index (χ4v) is 14.2. The van der Waals surface area contributed by atoms with Gasteiger partial charge in [0.05, 0.1) is 34.8 Å². The molecule has 2 amide bonds. The van der Waals surface area contributed by atoms with Crippen LogP contribution in [0.25, 0.3) is 55.1 Å². The van der Waals surface area contributed by atoms with Gasteiger partial charge in [-0.3, -0.25) is 20.2 Å². The van der Waals surface area contributed by atoms with Crippen LogP contribution in [0.5, 0.6) is 11.6 Å². The van der Waals surface area contributed by atoms with Crippen LogP contribution in [0.4, 0.5) is 4.39 Å². The number of carboxylic acids is 3. The SMILES string of the molecule is CCCCC(CC)COc1nc(-c2ccc(C(=O)O)cc2)sc1C.CCCCCCCCc1ccc(-c2ccc(C(=O)O)cc2F)cc1.CCCCCCCc1ccc(-c2ccc(C(=O)NN)cc2)cc1.CCCCCCCc1ccc(-c2ccc(C(=O)NO)cc2)cc1.CCCCOCCOc1cc(C)c(-c2ccc(C(=O)O)cc2)cc1C. The number of ether oxygens (including phenoxy) is 3. The van der Waals surface area contributed by atoms with Crippen molar-refractivity contribution in [2.24, 2.45) is 11.8 Å². The molecule has 10 rings (SSSR count). The lowest BCUT2D eigenvalue weighted by Crippen LogP contribution is -2.29. The van der Waals surface area contributed by atoms with E-state index in [1.807, 2.05) is 87.5 Å². The molecule has 636 valence electrons. The van der Waals surface area contributed by atoms with E-state index in [9.17, 15) is 28.4 Å². The van der Waals surface area contributed by atoms with E-state index in [1.165, 1.54) is 156 Å². The van der Waals surface area contributed by atoms with Crippen LogP contribution in [0.15, 0.2) is 200 Å². The average molecular weight is 1640 g/mol. The normalized spacial score (nSPS) is 10.9. The smallest absolute Gasteiger partial charge is 0.335 e. The number of rotatable bonds is 43. The van der Waals surface area contributed by atoms with Crippen LogP contribution >= 0.6 is 11.3 Å². The molecule has 1 atom stereocenters. The average Bonchev–Trinajstić information content (AvgIpc) is 1.61. The van der Waals surface area contributed by atoms with Crippen molar-refractivity contribution >= 4 is 41.1 Å². The third-order valence-electron chi connectivity index (χ3n) is 20.8. The summed E-state index contributed by atoms with van der Waals surface area (Å²) in [5, 5.41) is 36.4. The molecule has 0 saturated heterocycles. The molecule has 119 heavy (non-hydrogen) atoms. The largest absolute Gasteiger partial charge is 0.491 e. The second-order valence-corrected chi connectivity index (χ2v) is 31.3. The second-order valence-electron chi connectivity index (χ2n) is 30.1. The van der Waals surface area contributed by atoms with Crippen molar-refractivity contribution in [1.29, 1.82) is 0 Å². The molecular formula is C101H127FN4O12S. The number of nitrogens with one attached hydrogen (secondary N) is 2. The van der Waals surface area contributed by atoms with E-state index in [0.717, 1.165) is 117 Å². The molecule has 0 aliphatic carbocycles. The summed E-state index contributed by atoms with van der Waals surface area (Å²) in [7, 11) is 0. The summed E-state index contributed by atoms with van der Waals surface area (Å²) in [6, 6.07) is 61.8. The Morgan fingerprint density at radius 1 is 0.412 bits per heavy atom. The summed E-state index contributed by atoms with van der Waals surface area (Å²) in [5.74, 6) is 3.07. The van der Waals surface area contributed by atoms with Gasteiger partial charge >= 0.3 is 17.9 Å². The highest BCUT2D eigenvalue weighted by Gasteiger charge is 2.17. The molecule has 0 aliphatic rings. The van der Waals surface area contributed by atoms with Gasteiger partial charge in [-0.15, -0.1) is 11.3 Å². The van der Waals surface area contributed by atoms with Crippen molar-refractivity contribution in [2.45, 2.75) is 223 Å². The Morgan fingerprint density at radius 2 is 0.807 bits per heavy atom. The molecule has 16 nitrogen and oxygen atoms in total. The molecule has 1 aromatic heterocycles. The van der Waals surface area contributed by atoms with Gasteiger partial charge in [0.15, 0.2) is 0 Å². The second kappa shape index (κ2) is 55.2. The zero-order valence-electron chi connectivity index (χ0n) is 71.5. The number of halogens is 1. The number of benzene rings is 9. The van der Waals surface area contributed by atoms with Crippen LogP contribution in [0.2, 0.25) is 0 Å². The topological polar surface area (TPSA) is 257 Å². The Hall–Kier alpha value is -10.6. The minimum absolute atomic E-state index is 0.0315. The number of carboxylic acid groups (broad SMARTS) is 3. The van der Waals surface area contributed by atoms with Gasteiger partial charge in [-0.1, -0.05) is 278 Å². The number of hydroxylamine groups is 1. The number of carbonyl (C=O) groups is 5. The van der Waals surface area contributed by atoms with Crippen LogP contribution < -0.4 is 26.2 Å². The van der Waals surface area contributed by atoms with Gasteiger partial charge in [-0.05, 0) is 218 Å². The molecular weight excluding hydrogens is 1510 g/mol. The molecule has 9 aromatic carbocycles. The number of amides is 2. The molecule has 8 N–H and O–H groups in total. The van der Waals surface area contributed by atoms with Crippen molar-refractivity contribution in [3.05, 3.63) is 267 Å². The van der Waals surface area contributed by atoms with Crippen LogP contribution in [-0.4, -0.2) is 81.7 Å². The van der Waals surface area contributed by atoms with Crippen molar-refractivity contribution in [2.75, 3.05) is 26.4 Å². The summed E-state index contributed by atoms with van der Waals surface area (Å²) < 4.78 is 31.4. The van der Waals surface area contributed by atoms with Crippen LogP contribution in [-0.2, 0) is 24.0 Å². The van der Waals surface area contributed by atoms with E-state index in [1.54, 1.807) is 77.5 Å². The third kappa shape index (κ3) is 34.7. The third-order valence-corrected chi connectivity index (χ3v) is 21.8. The minimum atomic E-state index is -1.12. The Bertz CT molecular complexity index is 4500. The van der Waals surface area contributed by atoms with Crippen molar-refractivity contribution in [3.8, 4) is 66.7 Å². The van der Waals surface area contributed by atoms with Crippen LogP contribution in [0.1, 0.15) is 267 Å². The Kier molecular flexibility index (Phi) is 45.1. The van der Waals surface area contributed by atoms with Gasteiger partial charge in [0.25, 0.3) is 11.8 Å². The number of nitrogen functional groups attached to an aromatic ring is 1. The molecule has 0 saturated carbocycles. The maximum absolute atomic E-state index is 14.1. The molecule has 0 spiro atoms. The molecule has 0 fully saturated rings. The molecule has 0 radical (unpaired) electrons. The number of aromatic nitrogens is 1. The molecule has 1 unspecified atom stereocenters. The van der Waals surface area contributed by atoms with E-state index < -0.39 is 29.6 Å². The first-order valence-corrected chi connectivity index (χ1v) is 43.5. The quantitative estimate of drug-likeness (QED) is 0.00617.